The maximum atomic E-state index is 12.1. The molecule has 0 atom stereocenters. The van der Waals surface area contributed by atoms with Crippen molar-refractivity contribution in [3.8, 4) is 0 Å². The lowest BCUT2D eigenvalue weighted by molar-refractivity contribution is 0.582. The Morgan fingerprint density at radius 1 is 1.42 bits per heavy atom. The smallest absolute Gasteiger partial charge is 0.244 e. The Morgan fingerprint density at radius 2 is 2.16 bits per heavy atom. The lowest BCUT2D eigenvalue weighted by Gasteiger charge is -2.07. The number of thiazole rings is 1. The third kappa shape index (κ3) is 3.50. The van der Waals surface area contributed by atoms with Gasteiger partial charge in [-0.1, -0.05) is 0 Å². The number of pyridine rings is 1. The van der Waals surface area contributed by atoms with Gasteiger partial charge in [0.15, 0.2) is 0 Å². The molecular weight excluding hydrogens is 352 g/mol. The summed E-state index contributed by atoms with van der Waals surface area (Å²) in [6.07, 6.45) is 3.09. The highest BCUT2D eigenvalue weighted by molar-refractivity contribution is 9.10. The van der Waals surface area contributed by atoms with Gasteiger partial charge in [-0.25, -0.2) is 23.1 Å². The van der Waals surface area contributed by atoms with E-state index in [0.29, 0.717) is 4.47 Å². The van der Waals surface area contributed by atoms with Gasteiger partial charge in [0.1, 0.15) is 10.7 Å². The highest BCUT2D eigenvalue weighted by Crippen LogP contribution is 2.21. The maximum absolute atomic E-state index is 12.1. The molecule has 0 aliphatic heterocycles. The van der Waals surface area contributed by atoms with Gasteiger partial charge in [-0.05, 0) is 28.9 Å². The van der Waals surface area contributed by atoms with Crippen molar-refractivity contribution in [2.24, 2.45) is 0 Å². The number of hydrogen-bond donors (Lipinski definition) is 2. The van der Waals surface area contributed by atoms with E-state index in [1.807, 2.05) is 6.92 Å². The number of aromatic nitrogens is 2. The Balaban J connectivity index is 2.20. The van der Waals surface area contributed by atoms with Crippen LogP contribution >= 0.6 is 27.3 Å². The molecule has 0 bridgehead atoms. The molecule has 0 aliphatic carbocycles. The van der Waals surface area contributed by atoms with Crippen molar-refractivity contribution >= 4 is 43.1 Å². The summed E-state index contributed by atoms with van der Waals surface area (Å²) < 4.78 is 27.3. The number of anilines is 1. The summed E-state index contributed by atoms with van der Waals surface area (Å²) in [4.78, 5) is 8.66. The minimum atomic E-state index is -3.69. The van der Waals surface area contributed by atoms with Gasteiger partial charge >= 0.3 is 0 Å². The molecule has 0 aliphatic rings. The third-order valence-electron chi connectivity index (χ3n) is 2.24. The van der Waals surface area contributed by atoms with Gasteiger partial charge < -0.3 is 5.73 Å². The number of hydrogen-bond acceptors (Lipinski definition) is 6. The van der Waals surface area contributed by atoms with Crippen LogP contribution in [-0.4, -0.2) is 18.4 Å². The molecule has 3 N–H and O–H groups in total. The van der Waals surface area contributed by atoms with Crippen molar-refractivity contribution in [3.63, 3.8) is 0 Å². The zero-order chi connectivity index (χ0) is 14.0. The molecule has 0 amide bonds. The number of nitrogens with one attached hydrogen (secondary N) is 1. The molecule has 0 aromatic carbocycles. The molecule has 0 spiro atoms. The lowest BCUT2D eigenvalue weighted by Crippen LogP contribution is -2.24. The number of nitrogens with zero attached hydrogens (tertiary/aromatic N) is 2. The summed E-state index contributed by atoms with van der Waals surface area (Å²) in [6.45, 7) is 2.04. The monoisotopic (exact) mass is 362 g/mol. The number of sulfonamides is 1. The molecule has 0 radical (unpaired) electrons. The first-order valence-corrected chi connectivity index (χ1v) is 8.30. The fourth-order valence-electron chi connectivity index (χ4n) is 1.38. The number of halogens is 1. The summed E-state index contributed by atoms with van der Waals surface area (Å²) >= 11 is 4.61. The topological polar surface area (TPSA) is 98.0 Å². The quantitative estimate of drug-likeness (QED) is 0.861. The summed E-state index contributed by atoms with van der Waals surface area (Å²) in [5.74, 6) is -0.0313. The van der Waals surface area contributed by atoms with Gasteiger partial charge in [-0.15, -0.1) is 11.3 Å². The molecule has 2 rings (SSSR count). The van der Waals surface area contributed by atoms with E-state index >= 15 is 0 Å². The summed E-state index contributed by atoms with van der Waals surface area (Å²) in [5, 5.41) is 0.887. The van der Waals surface area contributed by atoms with Crippen LogP contribution in [0.5, 0.6) is 0 Å². The van der Waals surface area contributed by atoms with E-state index in [2.05, 4.69) is 30.6 Å². The number of rotatable bonds is 4. The van der Waals surface area contributed by atoms with E-state index in [-0.39, 0.29) is 17.3 Å². The molecule has 0 unspecified atom stereocenters. The second kappa shape index (κ2) is 5.53. The van der Waals surface area contributed by atoms with Crippen LogP contribution in [0, 0.1) is 6.92 Å². The van der Waals surface area contributed by atoms with Gasteiger partial charge in [0, 0.05) is 28.3 Å². The zero-order valence-electron chi connectivity index (χ0n) is 9.92. The molecule has 102 valence electrons. The predicted molar refractivity (Wildman–Crippen MR) is 77.2 cm³/mol. The van der Waals surface area contributed by atoms with Crippen LogP contribution in [0.4, 0.5) is 5.82 Å². The fourth-order valence-corrected chi connectivity index (χ4v) is 3.80. The highest BCUT2D eigenvalue weighted by atomic mass is 79.9. The standard InChI is InChI=1S/C10H11BrN4O2S2/c1-6-13-4-8(18-6)5-15-19(16,17)9-2-7(11)3-14-10(9)12/h2-4,15H,5H2,1H3,(H2,12,14). The Labute approximate surface area is 123 Å². The van der Waals surface area contributed by atoms with E-state index < -0.39 is 10.0 Å². The second-order valence-corrected chi connectivity index (χ2v) is 7.68. The highest BCUT2D eigenvalue weighted by Gasteiger charge is 2.19. The molecule has 6 nitrogen and oxygen atoms in total. The van der Waals surface area contributed by atoms with Crippen LogP contribution in [0.1, 0.15) is 9.88 Å². The number of nitrogen functional groups attached to an aromatic ring is 1. The minimum absolute atomic E-state index is 0.0313. The van der Waals surface area contributed by atoms with Crippen molar-refractivity contribution in [3.05, 3.63) is 32.8 Å². The van der Waals surface area contributed by atoms with Crippen molar-refractivity contribution in [2.75, 3.05) is 5.73 Å². The molecule has 0 saturated carbocycles. The fraction of sp³-hybridized carbons (Fsp3) is 0.200. The predicted octanol–water partition coefficient (Wildman–Crippen LogP) is 1.67. The normalized spacial score (nSPS) is 11.7. The van der Waals surface area contributed by atoms with Crippen molar-refractivity contribution in [1.82, 2.24) is 14.7 Å². The van der Waals surface area contributed by atoms with Gasteiger partial charge in [-0.3, -0.25) is 0 Å². The Kier molecular flexibility index (Phi) is 4.19. The van der Waals surface area contributed by atoms with Crippen LogP contribution in [0.25, 0.3) is 0 Å². The van der Waals surface area contributed by atoms with Crippen molar-refractivity contribution < 1.29 is 8.42 Å². The van der Waals surface area contributed by atoms with E-state index in [4.69, 9.17) is 5.73 Å². The number of aryl methyl sites for hydroxylation is 1. The average molecular weight is 363 g/mol. The second-order valence-electron chi connectivity index (χ2n) is 3.71. The van der Waals surface area contributed by atoms with E-state index in [1.54, 1.807) is 6.20 Å². The molecule has 0 fully saturated rings. The molecule has 2 aromatic heterocycles. The molecule has 2 heterocycles. The molecule has 9 heteroatoms. The SMILES string of the molecule is Cc1ncc(CNS(=O)(=O)c2cc(Br)cnc2N)s1. The Hall–Kier alpha value is -1.03. The van der Waals surface area contributed by atoms with Gasteiger partial charge in [0.05, 0.1) is 5.01 Å². The molecule has 2 aromatic rings. The van der Waals surface area contributed by atoms with Crippen molar-refractivity contribution in [2.45, 2.75) is 18.4 Å². The first-order valence-electron chi connectivity index (χ1n) is 5.20. The lowest BCUT2D eigenvalue weighted by atomic mass is 10.5. The molecule has 0 saturated heterocycles. The van der Waals surface area contributed by atoms with Gasteiger partial charge in [0.25, 0.3) is 0 Å². The van der Waals surface area contributed by atoms with E-state index in [9.17, 15) is 8.42 Å². The van der Waals surface area contributed by atoms with Gasteiger partial charge in [0.2, 0.25) is 10.0 Å². The first-order chi connectivity index (χ1) is 8.88. The van der Waals surface area contributed by atoms with E-state index in [1.165, 1.54) is 23.6 Å². The largest absolute Gasteiger partial charge is 0.383 e. The Morgan fingerprint density at radius 3 is 2.79 bits per heavy atom. The summed E-state index contributed by atoms with van der Waals surface area (Å²) in [6, 6.07) is 1.42. The summed E-state index contributed by atoms with van der Waals surface area (Å²) in [7, 11) is -3.69. The minimum Gasteiger partial charge on any atom is -0.383 e. The maximum Gasteiger partial charge on any atom is 0.244 e. The van der Waals surface area contributed by atoms with E-state index in [0.717, 1.165) is 9.88 Å². The molecule has 19 heavy (non-hydrogen) atoms. The van der Waals surface area contributed by atoms with Crippen LogP contribution in [-0.2, 0) is 16.6 Å². The first kappa shape index (κ1) is 14.4. The van der Waals surface area contributed by atoms with Crippen LogP contribution in [0.3, 0.4) is 0 Å². The number of nitrogens with two attached hydrogens (primary N) is 1. The molecular formula is C10H11BrN4O2S2. The van der Waals surface area contributed by atoms with Gasteiger partial charge in [-0.2, -0.15) is 0 Å². The van der Waals surface area contributed by atoms with Crippen LogP contribution in [0.15, 0.2) is 27.8 Å². The zero-order valence-corrected chi connectivity index (χ0v) is 13.1. The van der Waals surface area contributed by atoms with Crippen LogP contribution in [0.2, 0.25) is 0 Å². The average Bonchev–Trinajstić information content (AvgIpc) is 2.76. The third-order valence-corrected chi connectivity index (χ3v) is 5.02. The Bertz CT molecular complexity index is 699. The summed E-state index contributed by atoms with van der Waals surface area (Å²) in [5.41, 5.74) is 5.59. The van der Waals surface area contributed by atoms with Crippen molar-refractivity contribution in [1.29, 1.82) is 0 Å². The van der Waals surface area contributed by atoms with Crippen LogP contribution < -0.4 is 10.5 Å².